The maximum absolute atomic E-state index is 6.21. The van der Waals surface area contributed by atoms with Crippen molar-refractivity contribution in [2.45, 2.75) is 19.9 Å². The van der Waals surface area contributed by atoms with Crippen LogP contribution in [0, 0.1) is 5.92 Å². The Balaban J connectivity index is 2.69. The molecule has 0 saturated carbocycles. The van der Waals surface area contributed by atoms with Gasteiger partial charge in [0.15, 0.2) is 0 Å². The van der Waals surface area contributed by atoms with Crippen molar-refractivity contribution in [1.29, 1.82) is 0 Å². The molecule has 0 bridgehead atoms. The topological polar surface area (TPSA) is 44.5 Å². The van der Waals surface area contributed by atoms with Crippen LogP contribution in [0.4, 0.5) is 0 Å². The normalized spacial score (nSPS) is 12.6. The van der Waals surface area contributed by atoms with Crippen LogP contribution >= 0.6 is 11.8 Å². The highest BCUT2D eigenvalue weighted by atomic mass is 32.2. The first-order valence-electron chi connectivity index (χ1n) is 6.13. The van der Waals surface area contributed by atoms with E-state index in [0.717, 1.165) is 28.6 Å². The summed E-state index contributed by atoms with van der Waals surface area (Å²) in [6.07, 6.45) is 0. The fraction of sp³-hybridized carbons (Fsp3) is 0.571. The van der Waals surface area contributed by atoms with Gasteiger partial charge in [0.2, 0.25) is 0 Å². The third-order valence-corrected chi connectivity index (χ3v) is 4.09. The standard InChI is InChI=1S/C14H23NO2S/c1-10(2)8-18-9-13(15)12-6-5-11(16-3)7-14(12)17-4/h5-7,10,13H,8-9,15H2,1-4H3. The van der Waals surface area contributed by atoms with E-state index in [1.54, 1.807) is 14.2 Å². The SMILES string of the molecule is COc1ccc(C(N)CSCC(C)C)c(OC)c1. The van der Waals surface area contributed by atoms with E-state index in [0.29, 0.717) is 5.92 Å². The average molecular weight is 269 g/mol. The first kappa shape index (κ1) is 15.2. The Labute approximate surface area is 114 Å². The number of ether oxygens (including phenoxy) is 2. The predicted molar refractivity (Wildman–Crippen MR) is 78.6 cm³/mol. The molecule has 0 aromatic heterocycles. The summed E-state index contributed by atoms with van der Waals surface area (Å²) in [5.41, 5.74) is 7.24. The number of methoxy groups -OCH3 is 2. The second-order valence-corrected chi connectivity index (χ2v) is 5.72. The van der Waals surface area contributed by atoms with Gasteiger partial charge in [-0.3, -0.25) is 0 Å². The molecule has 3 nitrogen and oxygen atoms in total. The zero-order valence-electron chi connectivity index (χ0n) is 11.6. The third kappa shape index (κ3) is 4.42. The molecule has 0 radical (unpaired) electrons. The van der Waals surface area contributed by atoms with Crippen molar-refractivity contribution in [3.05, 3.63) is 23.8 Å². The molecular formula is C14H23NO2S. The number of benzene rings is 1. The van der Waals surface area contributed by atoms with Crippen molar-refractivity contribution in [1.82, 2.24) is 0 Å². The van der Waals surface area contributed by atoms with Crippen molar-refractivity contribution in [3.63, 3.8) is 0 Å². The lowest BCUT2D eigenvalue weighted by Crippen LogP contribution is -2.15. The molecule has 0 spiro atoms. The molecule has 18 heavy (non-hydrogen) atoms. The molecule has 1 aromatic carbocycles. The Hall–Kier alpha value is -0.870. The molecule has 0 heterocycles. The summed E-state index contributed by atoms with van der Waals surface area (Å²) >= 11 is 1.88. The molecule has 2 N–H and O–H groups in total. The van der Waals surface area contributed by atoms with Gasteiger partial charge in [-0.1, -0.05) is 19.9 Å². The van der Waals surface area contributed by atoms with Crippen LogP contribution in [0.3, 0.4) is 0 Å². The van der Waals surface area contributed by atoms with Gasteiger partial charge < -0.3 is 15.2 Å². The molecule has 0 fully saturated rings. The smallest absolute Gasteiger partial charge is 0.127 e. The van der Waals surface area contributed by atoms with Crippen LogP contribution in [0.2, 0.25) is 0 Å². The molecule has 0 aliphatic carbocycles. The number of hydrogen-bond acceptors (Lipinski definition) is 4. The molecule has 1 aromatic rings. The Bertz CT molecular complexity index is 369. The van der Waals surface area contributed by atoms with Crippen LogP contribution in [0.5, 0.6) is 11.5 Å². The van der Waals surface area contributed by atoms with Gasteiger partial charge in [0.05, 0.1) is 14.2 Å². The minimum absolute atomic E-state index is 0.00499. The van der Waals surface area contributed by atoms with Gasteiger partial charge in [-0.15, -0.1) is 0 Å². The fourth-order valence-corrected chi connectivity index (χ4v) is 2.69. The highest BCUT2D eigenvalue weighted by Gasteiger charge is 2.13. The largest absolute Gasteiger partial charge is 0.497 e. The Morgan fingerprint density at radius 2 is 1.89 bits per heavy atom. The highest BCUT2D eigenvalue weighted by molar-refractivity contribution is 7.99. The van der Waals surface area contributed by atoms with Gasteiger partial charge in [0.1, 0.15) is 11.5 Å². The fourth-order valence-electron chi connectivity index (χ4n) is 1.65. The monoisotopic (exact) mass is 269 g/mol. The van der Waals surface area contributed by atoms with Crippen LogP contribution in [-0.2, 0) is 0 Å². The number of hydrogen-bond donors (Lipinski definition) is 1. The maximum atomic E-state index is 6.21. The van der Waals surface area contributed by atoms with Crippen LogP contribution in [0.25, 0.3) is 0 Å². The zero-order valence-corrected chi connectivity index (χ0v) is 12.4. The van der Waals surface area contributed by atoms with Crippen LogP contribution in [-0.4, -0.2) is 25.7 Å². The van der Waals surface area contributed by atoms with E-state index >= 15 is 0 Å². The molecular weight excluding hydrogens is 246 g/mol. The van der Waals surface area contributed by atoms with E-state index in [9.17, 15) is 0 Å². The predicted octanol–water partition coefficient (Wildman–Crippen LogP) is 3.09. The molecule has 1 rings (SSSR count). The molecule has 0 saturated heterocycles. The van der Waals surface area contributed by atoms with Gasteiger partial charge in [-0.2, -0.15) is 11.8 Å². The summed E-state index contributed by atoms with van der Waals surface area (Å²) in [7, 11) is 3.30. The lowest BCUT2D eigenvalue weighted by molar-refractivity contribution is 0.389. The van der Waals surface area contributed by atoms with Crippen LogP contribution in [0.15, 0.2) is 18.2 Å². The molecule has 102 valence electrons. The summed E-state index contributed by atoms with van der Waals surface area (Å²) in [5.74, 6) is 4.32. The quantitative estimate of drug-likeness (QED) is 0.826. The van der Waals surface area contributed by atoms with E-state index in [4.69, 9.17) is 15.2 Å². The average Bonchev–Trinajstić information content (AvgIpc) is 2.37. The van der Waals surface area contributed by atoms with Gasteiger partial charge in [-0.05, 0) is 17.7 Å². The number of nitrogens with two attached hydrogens (primary N) is 1. The van der Waals surface area contributed by atoms with Crippen LogP contribution in [0.1, 0.15) is 25.5 Å². The maximum Gasteiger partial charge on any atom is 0.127 e. The van der Waals surface area contributed by atoms with Gasteiger partial charge in [0.25, 0.3) is 0 Å². The molecule has 1 unspecified atom stereocenters. The summed E-state index contributed by atoms with van der Waals surface area (Å²) in [6.45, 7) is 4.43. The third-order valence-electron chi connectivity index (χ3n) is 2.59. The molecule has 0 aliphatic heterocycles. The second kappa shape index (κ2) is 7.54. The second-order valence-electron chi connectivity index (χ2n) is 4.65. The molecule has 0 aliphatic rings. The minimum atomic E-state index is -0.00499. The van der Waals surface area contributed by atoms with E-state index in [1.807, 2.05) is 30.0 Å². The minimum Gasteiger partial charge on any atom is -0.497 e. The van der Waals surface area contributed by atoms with Crippen molar-refractivity contribution in [2.24, 2.45) is 11.7 Å². The van der Waals surface area contributed by atoms with Crippen molar-refractivity contribution in [2.75, 3.05) is 25.7 Å². The first-order chi connectivity index (χ1) is 8.58. The zero-order chi connectivity index (χ0) is 13.5. The van der Waals surface area contributed by atoms with E-state index < -0.39 is 0 Å². The van der Waals surface area contributed by atoms with E-state index in [-0.39, 0.29) is 6.04 Å². The summed E-state index contributed by atoms with van der Waals surface area (Å²) < 4.78 is 10.5. The number of rotatable bonds is 7. The van der Waals surface area contributed by atoms with Gasteiger partial charge in [-0.25, -0.2) is 0 Å². The van der Waals surface area contributed by atoms with Crippen molar-refractivity contribution in [3.8, 4) is 11.5 Å². The molecule has 0 amide bonds. The summed E-state index contributed by atoms with van der Waals surface area (Å²) in [6, 6.07) is 5.78. The number of thioether (sulfide) groups is 1. The van der Waals surface area contributed by atoms with E-state index in [1.165, 1.54) is 0 Å². The van der Waals surface area contributed by atoms with Gasteiger partial charge >= 0.3 is 0 Å². The first-order valence-corrected chi connectivity index (χ1v) is 7.29. The van der Waals surface area contributed by atoms with Crippen molar-refractivity contribution < 1.29 is 9.47 Å². The highest BCUT2D eigenvalue weighted by Crippen LogP contribution is 2.30. The van der Waals surface area contributed by atoms with Gasteiger partial charge in [0, 0.05) is 23.4 Å². The van der Waals surface area contributed by atoms with Crippen LogP contribution < -0.4 is 15.2 Å². The molecule has 1 atom stereocenters. The Kier molecular flexibility index (Phi) is 6.36. The van der Waals surface area contributed by atoms with Crippen molar-refractivity contribution >= 4 is 11.8 Å². The Morgan fingerprint density at radius 3 is 2.44 bits per heavy atom. The molecule has 4 heteroatoms. The summed E-state index contributed by atoms with van der Waals surface area (Å²) in [5, 5.41) is 0. The summed E-state index contributed by atoms with van der Waals surface area (Å²) in [4.78, 5) is 0. The lowest BCUT2D eigenvalue weighted by Gasteiger charge is -2.16. The lowest BCUT2D eigenvalue weighted by atomic mass is 10.1. The Morgan fingerprint density at radius 1 is 1.17 bits per heavy atom. The van der Waals surface area contributed by atoms with E-state index in [2.05, 4.69) is 13.8 Å².